The maximum Gasteiger partial charge on any atom is 0.416 e. The number of alkyl halides is 3. The van der Waals surface area contributed by atoms with Crippen LogP contribution < -0.4 is 15.8 Å². The van der Waals surface area contributed by atoms with Crippen LogP contribution in [0, 0.1) is 0 Å². The molecular weight excluding hydrogens is 413 g/mol. The van der Waals surface area contributed by atoms with Crippen LogP contribution in [0.3, 0.4) is 0 Å². The zero-order valence-electron chi connectivity index (χ0n) is 16.3. The Bertz CT molecular complexity index is 1150. The summed E-state index contributed by atoms with van der Waals surface area (Å²) in [5.41, 5.74) is 0.824. The molecule has 0 radical (unpaired) electrons. The Balaban J connectivity index is 1.49. The fourth-order valence-corrected chi connectivity index (χ4v) is 3.28. The monoisotopic (exact) mass is 430 g/mol. The highest BCUT2D eigenvalue weighted by Crippen LogP contribution is 2.30. The van der Waals surface area contributed by atoms with Crippen LogP contribution >= 0.6 is 0 Å². The molecule has 3 aromatic rings. The highest BCUT2D eigenvalue weighted by Gasteiger charge is 2.30. The number of nitrogens with one attached hydrogen (secondary N) is 2. The van der Waals surface area contributed by atoms with E-state index in [2.05, 4.69) is 25.3 Å². The molecule has 1 amide bonds. The van der Waals surface area contributed by atoms with Gasteiger partial charge in [0.05, 0.1) is 23.8 Å². The molecule has 31 heavy (non-hydrogen) atoms. The van der Waals surface area contributed by atoms with E-state index in [0.29, 0.717) is 18.7 Å². The molecule has 1 atom stereocenters. The van der Waals surface area contributed by atoms with Gasteiger partial charge in [0.1, 0.15) is 12.0 Å². The van der Waals surface area contributed by atoms with Crippen molar-refractivity contribution in [3.63, 3.8) is 0 Å². The van der Waals surface area contributed by atoms with Crippen molar-refractivity contribution < 1.29 is 18.0 Å². The van der Waals surface area contributed by atoms with Gasteiger partial charge in [0, 0.05) is 24.4 Å². The van der Waals surface area contributed by atoms with Crippen molar-refractivity contribution in [1.82, 2.24) is 25.3 Å². The van der Waals surface area contributed by atoms with Gasteiger partial charge in [-0.15, -0.1) is 0 Å². The van der Waals surface area contributed by atoms with E-state index in [1.807, 2.05) is 0 Å². The largest absolute Gasteiger partial charge is 0.416 e. The van der Waals surface area contributed by atoms with Crippen LogP contribution in [0.5, 0.6) is 0 Å². The summed E-state index contributed by atoms with van der Waals surface area (Å²) >= 11 is 0. The first-order valence-electron chi connectivity index (χ1n) is 9.33. The Kier molecular flexibility index (Phi) is 5.17. The van der Waals surface area contributed by atoms with Gasteiger partial charge >= 0.3 is 6.18 Å². The molecule has 0 spiro atoms. The molecule has 0 aliphatic carbocycles. The average Bonchev–Trinajstić information content (AvgIpc) is 3.17. The van der Waals surface area contributed by atoms with Crippen molar-refractivity contribution in [2.45, 2.75) is 32.2 Å². The number of benzene rings is 1. The second-order valence-corrected chi connectivity index (χ2v) is 7.12. The quantitative estimate of drug-likeness (QED) is 0.660. The Hall–Kier alpha value is -3.76. The van der Waals surface area contributed by atoms with Crippen molar-refractivity contribution in [1.29, 1.82) is 0 Å². The lowest BCUT2D eigenvalue weighted by atomic mass is 10.1. The van der Waals surface area contributed by atoms with Crippen LogP contribution in [0.15, 0.2) is 47.7 Å². The van der Waals surface area contributed by atoms with Gasteiger partial charge in [-0.3, -0.25) is 14.6 Å². The fraction of sp³-hybridized carbons (Fsp3) is 0.250. The number of H-pyrrole nitrogens is 1. The van der Waals surface area contributed by atoms with Crippen LogP contribution in [0.4, 0.5) is 19.1 Å². The van der Waals surface area contributed by atoms with E-state index in [1.54, 1.807) is 18.0 Å². The van der Waals surface area contributed by atoms with Crippen molar-refractivity contribution in [2.75, 3.05) is 4.90 Å². The first-order chi connectivity index (χ1) is 14.7. The van der Waals surface area contributed by atoms with Crippen molar-refractivity contribution in [3.05, 3.63) is 81.3 Å². The molecule has 2 aromatic heterocycles. The summed E-state index contributed by atoms with van der Waals surface area (Å²) in [7, 11) is 0. The number of nitrogens with zero attached hydrogens (tertiary/aromatic N) is 4. The molecule has 0 bridgehead atoms. The summed E-state index contributed by atoms with van der Waals surface area (Å²) in [6.07, 6.45) is -1.31. The van der Waals surface area contributed by atoms with E-state index in [4.69, 9.17) is 0 Å². The van der Waals surface area contributed by atoms with E-state index >= 15 is 0 Å². The van der Waals surface area contributed by atoms with Gasteiger partial charge in [-0.1, -0.05) is 12.1 Å². The second-order valence-electron chi connectivity index (χ2n) is 7.12. The summed E-state index contributed by atoms with van der Waals surface area (Å²) < 4.78 is 38.2. The molecule has 1 unspecified atom stereocenters. The first-order valence-corrected chi connectivity index (χ1v) is 9.33. The summed E-state index contributed by atoms with van der Waals surface area (Å²) in [5.74, 6) is -0.394. The molecule has 1 aliphatic heterocycles. The van der Waals surface area contributed by atoms with Gasteiger partial charge in [0.15, 0.2) is 0 Å². The lowest BCUT2D eigenvalue weighted by molar-refractivity contribution is -0.137. The minimum atomic E-state index is -4.43. The van der Waals surface area contributed by atoms with Crippen LogP contribution in [0.2, 0.25) is 0 Å². The Labute approximate surface area is 174 Å². The number of amides is 1. The van der Waals surface area contributed by atoms with Gasteiger partial charge < -0.3 is 10.2 Å². The summed E-state index contributed by atoms with van der Waals surface area (Å²) in [4.78, 5) is 41.5. The Morgan fingerprint density at radius 3 is 2.65 bits per heavy atom. The predicted molar refractivity (Wildman–Crippen MR) is 104 cm³/mol. The standard InChI is InChI=1S/C20H17F3N6O2/c1-11(12-2-4-14(5-3-12)20(21,22)23)26-18(31)15-6-17(30)28-19(27-15)29-8-13-7-24-10-25-16(13)9-29/h2-7,10-11H,8-9H2,1H3,(H,26,31)(H,27,28,30). The molecule has 4 rings (SSSR count). The lowest BCUT2D eigenvalue weighted by Gasteiger charge is -2.17. The normalized spacial score (nSPS) is 14.3. The maximum absolute atomic E-state index is 12.7. The van der Waals surface area contributed by atoms with Crippen LogP contribution in [-0.4, -0.2) is 25.8 Å². The third-order valence-electron chi connectivity index (χ3n) is 4.93. The number of aromatic amines is 1. The third kappa shape index (κ3) is 4.39. The maximum atomic E-state index is 12.7. The minimum absolute atomic E-state index is 0.0976. The van der Waals surface area contributed by atoms with Crippen LogP contribution in [0.25, 0.3) is 0 Å². The molecule has 0 fully saturated rings. The highest BCUT2D eigenvalue weighted by molar-refractivity contribution is 5.92. The number of carbonyl (C=O) groups is 1. The molecule has 3 heterocycles. The van der Waals surface area contributed by atoms with Gasteiger partial charge in [-0.25, -0.2) is 15.0 Å². The van der Waals surface area contributed by atoms with E-state index < -0.39 is 29.2 Å². The number of halogens is 3. The number of anilines is 1. The summed E-state index contributed by atoms with van der Waals surface area (Å²) in [5, 5.41) is 2.66. The van der Waals surface area contributed by atoms with E-state index in [9.17, 15) is 22.8 Å². The van der Waals surface area contributed by atoms with Crippen LogP contribution in [-0.2, 0) is 19.3 Å². The van der Waals surface area contributed by atoms with Gasteiger partial charge in [-0.05, 0) is 24.6 Å². The molecule has 8 nitrogen and oxygen atoms in total. The number of rotatable bonds is 4. The molecule has 11 heteroatoms. The summed E-state index contributed by atoms with van der Waals surface area (Å²) in [6, 6.07) is 4.98. The number of hydrogen-bond acceptors (Lipinski definition) is 6. The van der Waals surface area contributed by atoms with E-state index in [-0.39, 0.29) is 11.6 Å². The van der Waals surface area contributed by atoms with Crippen LogP contribution in [0.1, 0.15) is 45.8 Å². The number of aromatic nitrogens is 4. The van der Waals surface area contributed by atoms with Crippen molar-refractivity contribution in [2.24, 2.45) is 0 Å². The number of hydrogen-bond donors (Lipinski definition) is 2. The third-order valence-corrected chi connectivity index (χ3v) is 4.93. The zero-order chi connectivity index (χ0) is 22.2. The first kappa shape index (κ1) is 20.5. The van der Waals surface area contributed by atoms with Gasteiger partial charge in [0.25, 0.3) is 11.5 Å². The second kappa shape index (κ2) is 7.82. The molecule has 2 N–H and O–H groups in total. The minimum Gasteiger partial charge on any atom is -0.344 e. The molecule has 0 saturated carbocycles. The van der Waals surface area contributed by atoms with Gasteiger partial charge in [-0.2, -0.15) is 13.2 Å². The topological polar surface area (TPSA) is 104 Å². The van der Waals surface area contributed by atoms with E-state index in [0.717, 1.165) is 29.5 Å². The molecule has 160 valence electrons. The van der Waals surface area contributed by atoms with E-state index in [1.165, 1.54) is 18.5 Å². The molecule has 0 saturated heterocycles. The Morgan fingerprint density at radius 1 is 1.23 bits per heavy atom. The smallest absolute Gasteiger partial charge is 0.344 e. The summed E-state index contributed by atoms with van der Waals surface area (Å²) in [6.45, 7) is 2.48. The predicted octanol–water partition coefficient (Wildman–Crippen LogP) is 2.59. The number of fused-ring (bicyclic) bond motifs is 1. The number of carbonyl (C=O) groups excluding carboxylic acids is 1. The lowest BCUT2D eigenvalue weighted by Crippen LogP contribution is -2.30. The molecule has 1 aromatic carbocycles. The van der Waals surface area contributed by atoms with Crippen molar-refractivity contribution >= 4 is 11.9 Å². The Morgan fingerprint density at radius 2 is 1.97 bits per heavy atom. The molecule has 1 aliphatic rings. The fourth-order valence-electron chi connectivity index (χ4n) is 3.28. The average molecular weight is 430 g/mol. The molecular formula is C20H17F3N6O2. The van der Waals surface area contributed by atoms with Crippen molar-refractivity contribution in [3.8, 4) is 0 Å². The van der Waals surface area contributed by atoms with Gasteiger partial charge in [0.2, 0.25) is 5.95 Å². The SMILES string of the molecule is CC(NC(=O)c1cc(=O)[nH]c(N2Cc3cncnc3C2)n1)c1ccc(C(F)(F)F)cc1. The highest BCUT2D eigenvalue weighted by atomic mass is 19.4. The zero-order valence-corrected chi connectivity index (χ0v) is 16.3.